The Kier molecular flexibility index (Phi) is 4.95. The number of anilines is 2. The summed E-state index contributed by atoms with van der Waals surface area (Å²) in [5.74, 6) is 0.939. The molecule has 2 rings (SSSR count). The molecule has 1 aliphatic rings. The molecule has 1 aliphatic carbocycles. The average Bonchev–Trinajstić information content (AvgIpc) is 2.44. The summed E-state index contributed by atoms with van der Waals surface area (Å²) in [5, 5.41) is 17.3. The zero-order chi connectivity index (χ0) is 15.3. The smallest absolute Gasteiger partial charge is 0.311 e. The van der Waals surface area contributed by atoms with Crippen molar-refractivity contribution in [2.45, 2.75) is 38.2 Å². The van der Waals surface area contributed by atoms with Gasteiger partial charge in [-0.1, -0.05) is 6.92 Å². The van der Waals surface area contributed by atoms with Crippen LogP contribution in [0.15, 0.2) is 12.1 Å². The molecule has 1 fully saturated rings. The first-order valence-corrected chi connectivity index (χ1v) is 7.28. The van der Waals surface area contributed by atoms with Gasteiger partial charge in [-0.2, -0.15) is 0 Å². The number of pyridine rings is 1. The number of nitro groups is 1. The second-order valence-corrected chi connectivity index (χ2v) is 5.34. The molecule has 0 radical (unpaired) electrons. The van der Waals surface area contributed by atoms with Crippen LogP contribution in [0, 0.1) is 10.1 Å². The fraction of sp³-hybridized carbons (Fsp3) is 0.643. The number of hydrogen-bond acceptors (Lipinski definition) is 6. The van der Waals surface area contributed by atoms with Gasteiger partial charge in [-0.3, -0.25) is 10.1 Å². The van der Waals surface area contributed by atoms with Crippen LogP contribution >= 0.6 is 0 Å². The van der Waals surface area contributed by atoms with Crippen molar-refractivity contribution in [3.8, 4) is 0 Å². The maximum absolute atomic E-state index is 11.1. The van der Waals surface area contributed by atoms with E-state index in [0.29, 0.717) is 18.2 Å². The molecule has 1 aromatic rings. The number of nitrogens with zero attached hydrogens (tertiary/aromatic N) is 2. The van der Waals surface area contributed by atoms with Gasteiger partial charge in [-0.25, -0.2) is 4.98 Å². The minimum atomic E-state index is -0.417. The van der Waals surface area contributed by atoms with Crippen LogP contribution in [0.3, 0.4) is 0 Å². The number of rotatable bonds is 8. The minimum absolute atomic E-state index is 0.0115. The zero-order valence-electron chi connectivity index (χ0n) is 12.5. The third-order valence-corrected chi connectivity index (χ3v) is 3.90. The predicted molar refractivity (Wildman–Crippen MR) is 81.8 cm³/mol. The Balaban J connectivity index is 2.12. The van der Waals surface area contributed by atoms with Crippen LogP contribution in [0.2, 0.25) is 0 Å². The van der Waals surface area contributed by atoms with Gasteiger partial charge in [-0.05, 0) is 31.7 Å². The molecule has 0 spiro atoms. The van der Waals surface area contributed by atoms with Crippen LogP contribution in [-0.4, -0.2) is 35.7 Å². The van der Waals surface area contributed by atoms with Crippen LogP contribution < -0.4 is 10.6 Å². The second kappa shape index (κ2) is 6.71. The van der Waals surface area contributed by atoms with Crippen LogP contribution in [0.1, 0.15) is 32.6 Å². The molecule has 0 aliphatic heterocycles. The molecule has 0 bridgehead atoms. The SMILES string of the molecule is CCCNc1ccc([N+](=O)[O-])c(NCC2(OC)CCC2)n1. The van der Waals surface area contributed by atoms with Gasteiger partial charge in [-0.15, -0.1) is 0 Å². The van der Waals surface area contributed by atoms with E-state index in [9.17, 15) is 10.1 Å². The van der Waals surface area contributed by atoms with E-state index in [0.717, 1.165) is 32.2 Å². The van der Waals surface area contributed by atoms with E-state index >= 15 is 0 Å². The standard InChI is InChI=1S/C14H22N4O3/c1-3-9-15-12-6-5-11(18(19)20)13(17-12)16-10-14(21-2)7-4-8-14/h5-6H,3-4,7-10H2,1-2H3,(H2,15,16,17). The summed E-state index contributed by atoms with van der Waals surface area (Å²) < 4.78 is 5.52. The number of hydrogen-bond donors (Lipinski definition) is 2. The lowest BCUT2D eigenvalue weighted by Crippen LogP contribution is -2.45. The summed E-state index contributed by atoms with van der Waals surface area (Å²) in [6.45, 7) is 3.37. The molecule has 7 heteroatoms. The molecule has 0 atom stereocenters. The Bertz CT molecular complexity index is 497. The molecule has 0 unspecified atom stereocenters. The van der Waals surface area contributed by atoms with Crippen LogP contribution in [-0.2, 0) is 4.74 Å². The van der Waals surface area contributed by atoms with E-state index in [1.807, 2.05) is 0 Å². The first kappa shape index (κ1) is 15.5. The van der Waals surface area contributed by atoms with E-state index in [-0.39, 0.29) is 11.3 Å². The Labute approximate surface area is 124 Å². The van der Waals surface area contributed by atoms with Gasteiger partial charge in [0.25, 0.3) is 0 Å². The van der Waals surface area contributed by atoms with Gasteiger partial charge >= 0.3 is 5.69 Å². The molecule has 7 nitrogen and oxygen atoms in total. The molecule has 1 saturated carbocycles. The Morgan fingerprint density at radius 2 is 2.19 bits per heavy atom. The van der Waals surface area contributed by atoms with Crippen molar-refractivity contribution in [2.75, 3.05) is 30.8 Å². The molecule has 0 amide bonds. The van der Waals surface area contributed by atoms with Crippen molar-refractivity contribution in [1.29, 1.82) is 0 Å². The molecule has 2 N–H and O–H groups in total. The molecular weight excluding hydrogens is 272 g/mol. The summed E-state index contributed by atoms with van der Waals surface area (Å²) in [6, 6.07) is 3.11. The monoisotopic (exact) mass is 294 g/mol. The van der Waals surface area contributed by atoms with Gasteiger partial charge < -0.3 is 15.4 Å². The molecule has 116 valence electrons. The first-order valence-electron chi connectivity index (χ1n) is 7.28. The van der Waals surface area contributed by atoms with Gasteiger partial charge in [0, 0.05) is 26.3 Å². The quantitative estimate of drug-likeness (QED) is 0.566. The highest BCUT2D eigenvalue weighted by molar-refractivity contribution is 5.60. The third-order valence-electron chi connectivity index (χ3n) is 3.90. The van der Waals surface area contributed by atoms with Gasteiger partial charge in [0.15, 0.2) is 0 Å². The highest BCUT2D eigenvalue weighted by Gasteiger charge is 2.37. The maximum atomic E-state index is 11.1. The zero-order valence-corrected chi connectivity index (χ0v) is 12.5. The lowest BCUT2D eigenvalue weighted by Gasteiger charge is -2.40. The Morgan fingerprint density at radius 3 is 2.71 bits per heavy atom. The van der Waals surface area contributed by atoms with Crippen molar-refractivity contribution in [1.82, 2.24) is 4.98 Å². The molecular formula is C14H22N4O3. The van der Waals surface area contributed by atoms with Crippen LogP contribution in [0.4, 0.5) is 17.3 Å². The van der Waals surface area contributed by atoms with Crippen LogP contribution in [0.25, 0.3) is 0 Å². The lowest BCUT2D eigenvalue weighted by atomic mass is 9.80. The van der Waals surface area contributed by atoms with Gasteiger partial charge in [0.05, 0.1) is 10.5 Å². The minimum Gasteiger partial charge on any atom is -0.376 e. The maximum Gasteiger partial charge on any atom is 0.311 e. The summed E-state index contributed by atoms with van der Waals surface area (Å²) in [5.41, 5.74) is -0.217. The van der Waals surface area contributed by atoms with Crippen molar-refractivity contribution in [2.24, 2.45) is 0 Å². The summed E-state index contributed by atoms with van der Waals surface area (Å²) in [6.07, 6.45) is 4.04. The van der Waals surface area contributed by atoms with Gasteiger partial charge in [0.2, 0.25) is 5.82 Å². The summed E-state index contributed by atoms with van der Waals surface area (Å²) >= 11 is 0. The van der Waals surface area contributed by atoms with Crippen molar-refractivity contribution < 1.29 is 9.66 Å². The molecule has 0 aromatic carbocycles. The Hall–Kier alpha value is -1.89. The van der Waals surface area contributed by atoms with E-state index in [2.05, 4.69) is 22.5 Å². The van der Waals surface area contributed by atoms with Crippen molar-refractivity contribution in [3.05, 3.63) is 22.2 Å². The molecule has 0 saturated heterocycles. The highest BCUT2D eigenvalue weighted by atomic mass is 16.6. The second-order valence-electron chi connectivity index (χ2n) is 5.34. The fourth-order valence-corrected chi connectivity index (χ4v) is 2.35. The largest absolute Gasteiger partial charge is 0.376 e. The number of methoxy groups -OCH3 is 1. The van der Waals surface area contributed by atoms with Crippen molar-refractivity contribution >= 4 is 17.3 Å². The van der Waals surface area contributed by atoms with Crippen LogP contribution in [0.5, 0.6) is 0 Å². The topological polar surface area (TPSA) is 89.3 Å². The first-order chi connectivity index (χ1) is 10.1. The third kappa shape index (κ3) is 3.60. The molecule has 1 aromatic heterocycles. The van der Waals surface area contributed by atoms with Crippen molar-refractivity contribution in [3.63, 3.8) is 0 Å². The summed E-state index contributed by atoms with van der Waals surface area (Å²) in [4.78, 5) is 15.0. The number of nitrogens with one attached hydrogen (secondary N) is 2. The molecule has 21 heavy (non-hydrogen) atoms. The lowest BCUT2D eigenvalue weighted by molar-refractivity contribution is -0.384. The van der Waals surface area contributed by atoms with E-state index in [1.54, 1.807) is 13.2 Å². The van der Waals surface area contributed by atoms with Gasteiger partial charge in [0.1, 0.15) is 5.82 Å². The van der Waals surface area contributed by atoms with E-state index < -0.39 is 4.92 Å². The van der Waals surface area contributed by atoms with E-state index in [4.69, 9.17) is 4.74 Å². The fourth-order valence-electron chi connectivity index (χ4n) is 2.35. The number of aromatic nitrogens is 1. The average molecular weight is 294 g/mol. The Morgan fingerprint density at radius 1 is 1.43 bits per heavy atom. The molecule has 1 heterocycles. The summed E-state index contributed by atoms with van der Waals surface area (Å²) in [7, 11) is 1.68. The number of ether oxygens (including phenoxy) is 1. The normalized spacial score (nSPS) is 16.1. The van der Waals surface area contributed by atoms with E-state index in [1.165, 1.54) is 6.07 Å². The predicted octanol–water partition coefficient (Wildman–Crippen LogP) is 2.79. The highest BCUT2D eigenvalue weighted by Crippen LogP contribution is 2.35.